The fourth-order valence-electron chi connectivity index (χ4n) is 3.15. The van der Waals surface area contributed by atoms with Crippen LogP contribution in [0, 0.1) is 20.8 Å². The molecule has 0 spiro atoms. The molecule has 1 aromatic heterocycles. The summed E-state index contributed by atoms with van der Waals surface area (Å²) in [5.41, 5.74) is 5.44. The number of hydrogen-bond donors (Lipinski definition) is 2. The molecule has 0 bridgehead atoms. The van der Waals surface area contributed by atoms with Crippen molar-refractivity contribution in [2.75, 3.05) is 5.32 Å². The van der Waals surface area contributed by atoms with Crippen LogP contribution in [0.5, 0.6) is 5.75 Å². The Morgan fingerprint density at radius 1 is 1.03 bits per heavy atom. The lowest BCUT2D eigenvalue weighted by molar-refractivity contribution is 0.102. The molecule has 0 aliphatic carbocycles. The van der Waals surface area contributed by atoms with E-state index < -0.39 is 0 Å². The van der Waals surface area contributed by atoms with Gasteiger partial charge in [-0.05, 0) is 73.9 Å². The van der Waals surface area contributed by atoms with Gasteiger partial charge in [-0.1, -0.05) is 23.7 Å². The number of nitrogens with one attached hydrogen (secondary N) is 1. The first kappa shape index (κ1) is 19.0. The van der Waals surface area contributed by atoms with Crippen molar-refractivity contribution in [1.82, 2.24) is 4.98 Å². The predicted octanol–water partition coefficient (Wildman–Crippen LogP) is 6.03. The number of amides is 1. The van der Waals surface area contributed by atoms with Gasteiger partial charge in [-0.15, -0.1) is 0 Å². The van der Waals surface area contributed by atoms with Gasteiger partial charge >= 0.3 is 0 Å². The smallest absolute Gasteiger partial charge is 0.257 e. The van der Waals surface area contributed by atoms with Crippen LogP contribution in [0.2, 0.25) is 5.02 Å². The molecular weight excluding hydrogens is 388 g/mol. The zero-order valence-corrected chi connectivity index (χ0v) is 17.0. The van der Waals surface area contributed by atoms with Crippen molar-refractivity contribution < 1.29 is 14.3 Å². The number of phenolic OH excluding ortho intramolecular Hbond substituents is 1. The molecule has 0 atom stereocenters. The SMILES string of the molecule is Cc1cc2nc(-c3cc(NC(=O)c4ccccc4Cl)cc(C)c3O)oc2cc1C. The number of phenols is 1. The van der Waals surface area contributed by atoms with Crippen molar-refractivity contribution in [3.05, 3.63) is 75.8 Å². The van der Waals surface area contributed by atoms with Gasteiger partial charge in [0.1, 0.15) is 11.3 Å². The second kappa shape index (κ2) is 7.26. The molecule has 5 nitrogen and oxygen atoms in total. The zero-order valence-electron chi connectivity index (χ0n) is 16.2. The molecule has 3 aromatic carbocycles. The van der Waals surface area contributed by atoms with Crippen molar-refractivity contribution in [2.45, 2.75) is 20.8 Å². The third kappa shape index (κ3) is 3.57. The van der Waals surface area contributed by atoms with Crippen LogP contribution in [-0.2, 0) is 0 Å². The topological polar surface area (TPSA) is 75.4 Å². The number of benzene rings is 3. The van der Waals surface area contributed by atoms with E-state index in [4.69, 9.17) is 16.0 Å². The molecule has 2 N–H and O–H groups in total. The van der Waals surface area contributed by atoms with Crippen LogP contribution in [0.25, 0.3) is 22.6 Å². The van der Waals surface area contributed by atoms with Gasteiger partial charge in [0, 0.05) is 5.69 Å². The van der Waals surface area contributed by atoms with Crippen LogP contribution < -0.4 is 5.32 Å². The average Bonchev–Trinajstić information content (AvgIpc) is 3.07. The molecule has 0 saturated carbocycles. The highest BCUT2D eigenvalue weighted by Gasteiger charge is 2.18. The summed E-state index contributed by atoms with van der Waals surface area (Å²) in [6.45, 7) is 5.76. The monoisotopic (exact) mass is 406 g/mol. The van der Waals surface area contributed by atoms with E-state index in [1.165, 1.54) is 0 Å². The van der Waals surface area contributed by atoms with E-state index in [2.05, 4.69) is 10.3 Å². The van der Waals surface area contributed by atoms with E-state index in [0.717, 1.165) is 11.1 Å². The minimum atomic E-state index is -0.338. The Bertz CT molecular complexity index is 1220. The van der Waals surface area contributed by atoms with Crippen LogP contribution >= 0.6 is 11.6 Å². The number of aromatic hydroxyl groups is 1. The maximum absolute atomic E-state index is 12.6. The highest BCUT2D eigenvalue weighted by Crippen LogP contribution is 2.36. The molecule has 4 aromatic rings. The molecule has 4 rings (SSSR count). The fourth-order valence-corrected chi connectivity index (χ4v) is 3.38. The molecule has 6 heteroatoms. The Kier molecular flexibility index (Phi) is 4.76. The molecule has 0 aliphatic heterocycles. The van der Waals surface area contributed by atoms with E-state index in [0.29, 0.717) is 44.4 Å². The average molecular weight is 407 g/mol. The summed E-state index contributed by atoms with van der Waals surface area (Å²) in [5, 5.41) is 13.8. The van der Waals surface area contributed by atoms with Gasteiger partial charge < -0.3 is 14.8 Å². The van der Waals surface area contributed by atoms with E-state index in [9.17, 15) is 9.90 Å². The Morgan fingerprint density at radius 3 is 2.52 bits per heavy atom. The minimum absolute atomic E-state index is 0.0562. The summed E-state index contributed by atoms with van der Waals surface area (Å²) in [4.78, 5) is 17.1. The number of nitrogens with zero attached hydrogens (tertiary/aromatic N) is 1. The molecule has 29 heavy (non-hydrogen) atoms. The third-order valence-corrected chi connectivity index (χ3v) is 5.24. The van der Waals surface area contributed by atoms with Gasteiger partial charge in [0.15, 0.2) is 5.58 Å². The summed E-state index contributed by atoms with van der Waals surface area (Å²) in [7, 11) is 0. The molecule has 0 fully saturated rings. The molecule has 0 saturated heterocycles. The van der Waals surface area contributed by atoms with Crippen molar-refractivity contribution in [3.63, 3.8) is 0 Å². The van der Waals surface area contributed by atoms with Gasteiger partial charge in [-0.2, -0.15) is 0 Å². The maximum atomic E-state index is 12.6. The predicted molar refractivity (Wildman–Crippen MR) is 115 cm³/mol. The van der Waals surface area contributed by atoms with Crippen LogP contribution in [0.4, 0.5) is 5.69 Å². The molecule has 0 unspecified atom stereocenters. The van der Waals surface area contributed by atoms with Gasteiger partial charge in [0.25, 0.3) is 5.91 Å². The van der Waals surface area contributed by atoms with E-state index >= 15 is 0 Å². The molecule has 1 amide bonds. The van der Waals surface area contributed by atoms with Crippen LogP contribution in [-0.4, -0.2) is 16.0 Å². The van der Waals surface area contributed by atoms with Crippen molar-refractivity contribution in [3.8, 4) is 17.2 Å². The Balaban J connectivity index is 1.75. The van der Waals surface area contributed by atoms with E-state index in [1.54, 1.807) is 43.3 Å². The molecule has 0 aliphatic rings. The molecule has 0 radical (unpaired) electrons. The minimum Gasteiger partial charge on any atom is -0.507 e. The number of fused-ring (bicyclic) bond motifs is 1. The standard InChI is InChI=1S/C23H19ClN2O3/c1-12-9-19-20(10-13(12)2)29-23(26-19)17-11-15(8-14(3)21(17)27)25-22(28)16-6-4-5-7-18(16)24/h4-11,27H,1-3H3,(H,25,28). The highest BCUT2D eigenvalue weighted by atomic mass is 35.5. The number of carbonyl (C=O) groups excluding carboxylic acids is 1. The van der Waals surface area contributed by atoms with Gasteiger partial charge in [-0.3, -0.25) is 4.79 Å². The van der Waals surface area contributed by atoms with Crippen molar-refractivity contribution in [2.24, 2.45) is 0 Å². The van der Waals surface area contributed by atoms with Gasteiger partial charge in [0.05, 0.1) is 16.1 Å². The lowest BCUT2D eigenvalue weighted by Crippen LogP contribution is -2.12. The second-order valence-electron chi connectivity index (χ2n) is 7.05. The lowest BCUT2D eigenvalue weighted by atomic mass is 10.1. The summed E-state index contributed by atoms with van der Waals surface area (Å²) in [6.07, 6.45) is 0. The van der Waals surface area contributed by atoms with Gasteiger partial charge in [-0.25, -0.2) is 4.98 Å². The number of halogens is 1. The summed E-state index contributed by atoms with van der Waals surface area (Å²) < 4.78 is 5.88. The van der Waals surface area contributed by atoms with E-state index in [-0.39, 0.29) is 11.7 Å². The number of aryl methyl sites for hydroxylation is 3. The van der Waals surface area contributed by atoms with Gasteiger partial charge in [0.2, 0.25) is 5.89 Å². The largest absolute Gasteiger partial charge is 0.507 e. The highest BCUT2D eigenvalue weighted by molar-refractivity contribution is 6.34. The summed E-state index contributed by atoms with van der Waals surface area (Å²) in [6, 6.07) is 14.0. The quantitative estimate of drug-likeness (QED) is 0.407. The third-order valence-electron chi connectivity index (χ3n) is 4.91. The number of hydrogen-bond acceptors (Lipinski definition) is 4. The van der Waals surface area contributed by atoms with E-state index in [1.807, 2.05) is 26.0 Å². The fraction of sp³-hybridized carbons (Fsp3) is 0.130. The number of oxazole rings is 1. The first-order valence-electron chi connectivity index (χ1n) is 9.11. The second-order valence-corrected chi connectivity index (χ2v) is 7.45. The number of rotatable bonds is 3. The first-order chi connectivity index (χ1) is 13.8. The van der Waals surface area contributed by atoms with Crippen LogP contribution in [0.15, 0.2) is 52.9 Å². The summed E-state index contributed by atoms with van der Waals surface area (Å²) in [5.74, 6) is 0.00985. The number of aromatic nitrogens is 1. The zero-order chi connectivity index (χ0) is 20.7. The Hall–Kier alpha value is -3.31. The maximum Gasteiger partial charge on any atom is 0.257 e. The molecule has 146 valence electrons. The molecule has 1 heterocycles. The normalized spacial score (nSPS) is 11.0. The molecular formula is C23H19ClN2O3. The Labute approximate surface area is 173 Å². The number of anilines is 1. The van der Waals surface area contributed by atoms with Crippen LogP contribution in [0.1, 0.15) is 27.0 Å². The van der Waals surface area contributed by atoms with Crippen molar-refractivity contribution >= 4 is 34.3 Å². The van der Waals surface area contributed by atoms with Crippen LogP contribution in [0.3, 0.4) is 0 Å². The first-order valence-corrected chi connectivity index (χ1v) is 9.49. The summed E-state index contributed by atoms with van der Waals surface area (Å²) >= 11 is 6.11. The number of carbonyl (C=O) groups is 1. The Morgan fingerprint density at radius 2 is 1.76 bits per heavy atom. The lowest BCUT2D eigenvalue weighted by Gasteiger charge is -2.11. The van der Waals surface area contributed by atoms with Crippen molar-refractivity contribution in [1.29, 1.82) is 0 Å².